The van der Waals surface area contributed by atoms with Crippen LogP contribution in [0.3, 0.4) is 0 Å². The molecule has 133 heavy (non-hydrogen) atoms. The average molecular weight is 1750 g/mol. The van der Waals surface area contributed by atoms with Crippen molar-refractivity contribution < 1.29 is 6.85 Å². The molecule has 0 spiro atoms. The van der Waals surface area contributed by atoms with Crippen molar-refractivity contribution in [3.63, 3.8) is 0 Å². The zero-order chi connectivity index (χ0) is 92.2. The molecule has 24 aromatic carbocycles. The fraction of sp³-hybridized carbons (Fsp3) is 0. The summed E-state index contributed by atoms with van der Waals surface area (Å²) in [5, 5.41) is 24.3. The normalized spacial score (nSPS) is 12.1. The van der Waals surface area contributed by atoms with E-state index in [4.69, 9.17) is 6.85 Å². The van der Waals surface area contributed by atoms with E-state index in [9.17, 15) is 0 Å². The Bertz CT molecular complexity index is 9350. The van der Waals surface area contributed by atoms with Crippen molar-refractivity contribution in [3.8, 4) is 122 Å². The second kappa shape index (κ2) is 33.7. The van der Waals surface area contributed by atoms with Gasteiger partial charge in [0.25, 0.3) is 0 Å². The Hall–Kier alpha value is -16.2. The van der Waals surface area contributed by atoms with Crippen molar-refractivity contribution in [2.75, 3.05) is 0 Å². The number of hydrogen-bond acceptors (Lipinski definition) is 3. The maximum Gasteiger partial charge on any atom is 0.0629 e. The highest BCUT2D eigenvalue weighted by Crippen LogP contribution is 2.53. The molecule has 27 rings (SSSR count). The van der Waals surface area contributed by atoms with Gasteiger partial charge in [-0.15, -0.1) is 34.0 Å². The third kappa shape index (κ3) is 13.8. The number of hydrogen-bond donors (Lipinski definition) is 0. The van der Waals surface area contributed by atoms with Gasteiger partial charge in [-0.3, -0.25) is 0 Å². The molecule has 0 atom stereocenters. The first-order chi connectivity index (χ1) is 68.1. The maximum atomic E-state index is 8.85. The predicted molar refractivity (Wildman–Crippen MR) is 580 cm³/mol. The average Bonchev–Trinajstić information content (AvgIpc) is 1.08. The lowest BCUT2D eigenvalue weighted by Gasteiger charge is -2.19. The van der Waals surface area contributed by atoms with Crippen molar-refractivity contribution >= 4 is 170 Å². The van der Waals surface area contributed by atoms with E-state index >= 15 is 0 Å². The van der Waals surface area contributed by atoms with Crippen molar-refractivity contribution in [3.05, 3.63) is 497 Å². The molecule has 3 heterocycles. The van der Waals surface area contributed by atoms with Crippen LogP contribution in [-0.2, 0) is 0 Å². The largest absolute Gasteiger partial charge is 0.135 e. The lowest BCUT2D eigenvalue weighted by molar-refractivity contribution is 1.61. The molecule has 0 bridgehead atoms. The van der Waals surface area contributed by atoms with Gasteiger partial charge >= 0.3 is 0 Å². The van der Waals surface area contributed by atoms with E-state index in [0.29, 0.717) is 5.56 Å². The number of benzene rings is 24. The minimum absolute atomic E-state index is 0.201. The molecule has 27 aromatic rings. The topological polar surface area (TPSA) is 0 Å². The molecule has 0 amide bonds. The van der Waals surface area contributed by atoms with Crippen LogP contribution in [0.1, 0.15) is 6.85 Å². The van der Waals surface area contributed by atoms with Crippen LogP contribution >= 0.6 is 34.0 Å². The molecule has 0 nitrogen and oxygen atoms in total. The van der Waals surface area contributed by atoms with E-state index in [0.717, 1.165) is 38.2 Å². The Morgan fingerprint density at radius 1 is 0.128 bits per heavy atom. The van der Waals surface area contributed by atoms with Crippen molar-refractivity contribution in [1.29, 1.82) is 0 Å². The summed E-state index contributed by atoms with van der Waals surface area (Å²) in [7, 11) is 0. The zero-order valence-electron chi connectivity index (χ0n) is 77.2. The monoisotopic (exact) mass is 1740 g/mol. The molecule has 620 valence electrons. The number of fused-ring (bicyclic) bond motifs is 16. The van der Waals surface area contributed by atoms with Gasteiger partial charge in [0.15, 0.2) is 0 Å². The smallest absolute Gasteiger partial charge is 0.0629 e. The van der Waals surface area contributed by atoms with Gasteiger partial charge in [-0.25, -0.2) is 0 Å². The molecule has 0 aliphatic heterocycles. The first-order valence-electron chi connectivity index (χ1n) is 47.8. The van der Waals surface area contributed by atoms with E-state index in [1.165, 1.54) is 209 Å². The minimum Gasteiger partial charge on any atom is -0.135 e. The fourth-order valence-corrected chi connectivity index (χ4v) is 24.4. The highest BCUT2D eigenvalue weighted by molar-refractivity contribution is 7.26. The SMILES string of the molecule is [2H]c1c([2H])c([2H])c(-c2c3ccccc3c(-c3ccc(-c4c(-c5ccccc5)ccc5sc6ccccc6c45)cc3)c3ccccc23)c([2H])c1[2H].c1ccc(-c2c3ccccc3c(-c3ccc(-c4cccc5sc6ccccc6c45)cc3)c3ccccc23)cc1.c1ccc(-c2cccc3sc4cccc(-c5ccc(-c6c7ccccc7c(-c7cccc8ccccc78)c7ccccc67)cc5)c4c23)cc1. The Morgan fingerprint density at radius 2 is 0.376 bits per heavy atom. The minimum atomic E-state index is -0.393. The van der Waals surface area contributed by atoms with Gasteiger partial charge in [0.2, 0.25) is 0 Å². The van der Waals surface area contributed by atoms with Gasteiger partial charge in [-0.2, -0.15) is 0 Å². The summed E-state index contributed by atoms with van der Waals surface area (Å²) < 4.78 is 50.6. The van der Waals surface area contributed by atoms with Gasteiger partial charge in [0.05, 0.1) is 6.85 Å². The molecule has 0 saturated heterocycles. The summed E-state index contributed by atoms with van der Waals surface area (Å²) >= 11 is 5.58. The van der Waals surface area contributed by atoms with Crippen molar-refractivity contribution in [1.82, 2.24) is 0 Å². The molecule has 0 radical (unpaired) electrons. The van der Waals surface area contributed by atoms with Gasteiger partial charge in [-0.05, 0) is 234 Å². The molecule has 0 N–H and O–H groups in total. The van der Waals surface area contributed by atoms with Crippen LogP contribution in [-0.4, -0.2) is 0 Å². The highest BCUT2D eigenvalue weighted by atomic mass is 32.1. The van der Waals surface area contributed by atoms with Gasteiger partial charge in [0.1, 0.15) is 0 Å². The van der Waals surface area contributed by atoms with Crippen LogP contribution in [0.2, 0.25) is 0 Å². The first-order valence-corrected chi connectivity index (χ1v) is 47.7. The highest BCUT2D eigenvalue weighted by Gasteiger charge is 2.25. The van der Waals surface area contributed by atoms with Crippen LogP contribution in [0.5, 0.6) is 0 Å². The van der Waals surface area contributed by atoms with Crippen LogP contribution in [0.4, 0.5) is 0 Å². The van der Waals surface area contributed by atoms with E-state index in [2.05, 4.69) is 425 Å². The Balaban J connectivity index is 0.000000111. The Labute approximate surface area is 790 Å². The van der Waals surface area contributed by atoms with E-state index in [-0.39, 0.29) is 29.7 Å². The first kappa shape index (κ1) is 73.6. The summed E-state index contributed by atoms with van der Waals surface area (Å²) in [6.45, 7) is 0. The van der Waals surface area contributed by atoms with Crippen molar-refractivity contribution in [2.24, 2.45) is 0 Å². The molecular formula is C130H82S3. The Kier molecular flexibility index (Phi) is 18.6. The van der Waals surface area contributed by atoms with Crippen molar-refractivity contribution in [2.45, 2.75) is 0 Å². The number of thiophene rings is 3. The second-order valence-corrected chi connectivity index (χ2v) is 37.3. The fourth-order valence-electron chi connectivity index (χ4n) is 21.0. The standard InChI is InChI=1S/C48H30S.C44H28S.C38H24S/c1-2-13-32(14-3-1)36-22-11-25-43-47(36)48-37(23-12-26-44(48)49-43)33-27-29-34(30-28-33)45-39-18-6-8-20-41(39)46(42-21-9-7-19-40(42)45)38-24-10-16-31-15-4-5-17-35(31)38;1-3-13-29(14-4-1)33-27-28-40-44(38-21-11-12-22-39(38)45-40)43(33)32-25-23-31(24-26-32)42-36-19-9-7-17-34(36)41(30-15-5-2-6-16-30)35-18-8-10-20-37(35)42;1-2-11-26(12-3-1)36-29-13-4-6-15-31(29)37(32-16-7-5-14-30(32)36)27-23-21-25(22-24-27)28-18-10-20-35-38(28)33-17-8-9-19-34(33)39-35/h1-30H;1-28H;1-24H/i;2D,5D,6D,15D,16D;. The van der Waals surface area contributed by atoms with E-state index in [1.807, 2.05) is 76.5 Å². The maximum absolute atomic E-state index is 8.85. The summed E-state index contributed by atoms with van der Waals surface area (Å²) in [4.78, 5) is 0. The number of rotatable bonds is 11. The van der Waals surface area contributed by atoms with E-state index in [1.54, 1.807) is 0 Å². The van der Waals surface area contributed by atoms with Gasteiger partial charge < -0.3 is 0 Å². The van der Waals surface area contributed by atoms with Gasteiger partial charge in [-0.1, -0.05) is 461 Å². The molecule has 0 fully saturated rings. The summed E-state index contributed by atoms with van der Waals surface area (Å²) in [6, 6.07) is 167. The molecule has 3 aromatic heterocycles. The van der Waals surface area contributed by atoms with Crippen LogP contribution in [0, 0.1) is 0 Å². The van der Waals surface area contributed by atoms with Crippen LogP contribution in [0.25, 0.3) is 258 Å². The molecule has 3 heteroatoms. The third-order valence-corrected chi connectivity index (χ3v) is 30.1. The van der Waals surface area contributed by atoms with E-state index < -0.39 is 6.04 Å². The Morgan fingerprint density at radius 3 is 0.789 bits per heavy atom. The summed E-state index contributed by atoms with van der Waals surface area (Å²) in [5.74, 6) is 0. The molecule has 0 unspecified atom stereocenters. The van der Waals surface area contributed by atoms with Crippen LogP contribution in [0.15, 0.2) is 497 Å². The van der Waals surface area contributed by atoms with Crippen LogP contribution < -0.4 is 0 Å². The molecule has 0 aliphatic rings. The lowest BCUT2D eigenvalue weighted by atomic mass is 9.84. The second-order valence-electron chi connectivity index (χ2n) is 34.1. The zero-order valence-corrected chi connectivity index (χ0v) is 74.6. The summed E-state index contributed by atoms with van der Waals surface area (Å²) in [5.41, 5.74) is 25.4. The van der Waals surface area contributed by atoms with Gasteiger partial charge in [0, 0.05) is 60.5 Å². The molecule has 0 aliphatic carbocycles. The predicted octanol–water partition coefficient (Wildman–Crippen LogP) is 38.6. The molecular weight excluding hydrogens is 1660 g/mol. The lowest BCUT2D eigenvalue weighted by Crippen LogP contribution is -1.91. The quantitative estimate of drug-likeness (QED) is 0.113. The molecule has 0 saturated carbocycles. The summed E-state index contributed by atoms with van der Waals surface area (Å²) in [6.07, 6.45) is 0. The third-order valence-electron chi connectivity index (χ3n) is 26.7.